The Balaban J connectivity index is 1.14. The molecule has 0 bridgehead atoms. The molecule has 5 rings (SSSR count). The van der Waals surface area contributed by atoms with Gasteiger partial charge in [-0.2, -0.15) is 0 Å². The van der Waals surface area contributed by atoms with E-state index in [0.717, 1.165) is 60.9 Å². The maximum atomic E-state index is 13.4. The minimum absolute atomic E-state index is 0.0993. The minimum atomic E-state index is -0.308. The SMILES string of the molecule is COc1cc2cc(C)c(=O)[nH]c2cc1OCCCN1CCC(c2noc3cc(F)ccc23)CC1. The number of methoxy groups -OCH3 is 1. The highest BCUT2D eigenvalue weighted by Gasteiger charge is 2.25. The lowest BCUT2D eigenvalue weighted by atomic mass is 9.91. The number of benzene rings is 2. The molecular formula is C26H28FN3O4. The second-order valence-electron chi connectivity index (χ2n) is 8.90. The first-order chi connectivity index (χ1) is 16.5. The summed E-state index contributed by atoms with van der Waals surface area (Å²) in [5.41, 5.74) is 2.75. The molecule has 0 amide bonds. The third kappa shape index (κ3) is 4.50. The summed E-state index contributed by atoms with van der Waals surface area (Å²) < 4.78 is 30.3. The van der Waals surface area contributed by atoms with Gasteiger partial charge in [0.25, 0.3) is 5.56 Å². The number of hydrogen-bond acceptors (Lipinski definition) is 6. The van der Waals surface area contributed by atoms with Crippen LogP contribution >= 0.6 is 0 Å². The highest BCUT2D eigenvalue weighted by Crippen LogP contribution is 2.33. The quantitative estimate of drug-likeness (QED) is 0.396. The number of ether oxygens (including phenoxy) is 2. The summed E-state index contributed by atoms with van der Waals surface area (Å²) in [4.78, 5) is 17.3. The fourth-order valence-electron chi connectivity index (χ4n) is 4.72. The number of aryl methyl sites for hydroxylation is 1. The molecule has 0 atom stereocenters. The van der Waals surface area contributed by atoms with Crippen molar-refractivity contribution < 1.29 is 18.4 Å². The van der Waals surface area contributed by atoms with Gasteiger partial charge in [-0.3, -0.25) is 4.79 Å². The number of H-pyrrole nitrogens is 1. The normalized spacial score (nSPS) is 15.3. The predicted molar refractivity (Wildman–Crippen MR) is 128 cm³/mol. The van der Waals surface area contributed by atoms with Crippen LogP contribution in [0.15, 0.2) is 45.7 Å². The lowest BCUT2D eigenvalue weighted by molar-refractivity contribution is 0.189. The van der Waals surface area contributed by atoms with Crippen molar-refractivity contribution in [3.05, 3.63) is 63.8 Å². The van der Waals surface area contributed by atoms with Gasteiger partial charge in [0.05, 0.1) is 24.9 Å². The largest absolute Gasteiger partial charge is 0.493 e. The van der Waals surface area contributed by atoms with Gasteiger partial charge in [-0.15, -0.1) is 0 Å². The molecule has 2 aromatic carbocycles. The molecule has 0 radical (unpaired) electrons. The van der Waals surface area contributed by atoms with Gasteiger partial charge < -0.3 is 23.9 Å². The van der Waals surface area contributed by atoms with Crippen LogP contribution in [-0.2, 0) is 0 Å². The van der Waals surface area contributed by atoms with Crippen LogP contribution in [0.25, 0.3) is 21.9 Å². The van der Waals surface area contributed by atoms with Crippen molar-refractivity contribution in [3.63, 3.8) is 0 Å². The van der Waals surface area contributed by atoms with E-state index in [1.807, 2.05) is 18.2 Å². The number of fused-ring (bicyclic) bond motifs is 2. The number of rotatable bonds is 7. The number of nitrogens with one attached hydrogen (secondary N) is 1. The van der Waals surface area contributed by atoms with Gasteiger partial charge in [-0.25, -0.2) is 4.39 Å². The topological polar surface area (TPSA) is 80.6 Å². The Hall–Kier alpha value is -3.39. The number of nitrogens with zero attached hydrogens (tertiary/aromatic N) is 2. The van der Waals surface area contributed by atoms with Gasteiger partial charge in [0.15, 0.2) is 17.1 Å². The van der Waals surface area contributed by atoms with E-state index in [2.05, 4.69) is 15.0 Å². The van der Waals surface area contributed by atoms with Crippen LogP contribution in [0, 0.1) is 12.7 Å². The van der Waals surface area contributed by atoms with Crippen molar-refractivity contribution in [3.8, 4) is 11.5 Å². The molecule has 1 saturated heterocycles. The van der Waals surface area contributed by atoms with E-state index >= 15 is 0 Å². The summed E-state index contributed by atoms with van der Waals surface area (Å²) in [6.07, 6.45) is 2.86. The van der Waals surface area contributed by atoms with Gasteiger partial charge >= 0.3 is 0 Å². The molecule has 1 N–H and O–H groups in total. The maximum absolute atomic E-state index is 13.4. The molecule has 0 saturated carbocycles. The molecule has 4 aromatic rings. The summed E-state index contributed by atoms with van der Waals surface area (Å²) >= 11 is 0. The second-order valence-corrected chi connectivity index (χ2v) is 8.90. The molecule has 34 heavy (non-hydrogen) atoms. The second kappa shape index (κ2) is 9.46. The number of pyridine rings is 1. The number of likely N-dealkylation sites (tertiary alicyclic amines) is 1. The molecule has 0 spiro atoms. The molecule has 3 heterocycles. The van der Waals surface area contributed by atoms with Crippen molar-refractivity contribution in [2.75, 3.05) is 33.4 Å². The summed E-state index contributed by atoms with van der Waals surface area (Å²) in [5, 5.41) is 6.05. The Morgan fingerprint density at radius 2 is 2.00 bits per heavy atom. The van der Waals surface area contributed by atoms with Crippen LogP contribution in [-0.4, -0.2) is 48.4 Å². The zero-order valence-electron chi connectivity index (χ0n) is 19.4. The average Bonchev–Trinajstić information content (AvgIpc) is 3.25. The summed E-state index contributed by atoms with van der Waals surface area (Å²) in [7, 11) is 1.62. The van der Waals surface area contributed by atoms with E-state index in [9.17, 15) is 9.18 Å². The van der Waals surface area contributed by atoms with Crippen LogP contribution in [0.5, 0.6) is 11.5 Å². The summed E-state index contributed by atoms with van der Waals surface area (Å²) in [5.74, 6) is 1.30. The number of hydrogen-bond donors (Lipinski definition) is 1. The number of halogens is 1. The lowest BCUT2D eigenvalue weighted by Gasteiger charge is -2.31. The average molecular weight is 466 g/mol. The monoisotopic (exact) mass is 465 g/mol. The number of piperidine rings is 1. The Labute approximate surface area is 196 Å². The first-order valence-electron chi connectivity index (χ1n) is 11.6. The number of aromatic amines is 1. The predicted octanol–water partition coefficient (Wildman–Crippen LogP) is 4.77. The van der Waals surface area contributed by atoms with Gasteiger partial charge in [0.2, 0.25) is 0 Å². The van der Waals surface area contributed by atoms with E-state index in [1.54, 1.807) is 20.1 Å². The Morgan fingerprint density at radius 1 is 1.18 bits per heavy atom. The molecule has 8 heteroatoms. The van der Waals surface area contributed by atoms with Crippen LogP contribution in [0.1, 0.15) is 36.4 Å². The van der Waals surface area contributed by atoms with Gasteiger partial charge in [-0.1, -0.05) is 5.16 Å². The van der Waals surface area contributed by atoms with E-state index in [1.165, 1.54) is 12.1 Å². The molecule has 0 aliphatic carbocycles. The highest BCUT2D eigenvalue weighted by atomic mass is 19.1. The van der Waals surface area contributed by atoms with E-state index in [4.69, 9.17) is 14.0 Å². The third-order valence-electron chi connectivity index (χ3n) is 6.63. The molecule has 0 unspecified atom stereocenters. The van der Waals surface area contributed by atoms with Gasteiger partial charge in [-0.05, 0) is 63.5 Å². The van der Waals surface area contributed by atoms with Crippen LogP contribution in [0.3, 0.4) is 0 Å². The minimum Gasteiger partial charge on any atom is -0.493 e. The zero-order valence-corrected chi connectivity index (χ0v) is 19.4. The fourth-order valence-corrected chi connectivity index (χ4v) is 4.72. The summed E-state index contributed by atoms with van der Waals surface area (Å²) in [6, 6.07) is 10.2. The van der Waals surface area contributed by atoms with E-state index in [0.29, 0.717) is 35.2 Å². The van der Waals surface area contributed by atoms with Gasteiger partial charge in [0.1, 0.15) is 5.82 Å². The van der Waals surface area contributed by atoms with Crippen molar-refractivity contribution in [1.82, 2.24) is 15.0 Å². The Bertz CT molecular complexity index is 1370. The lowest BCUT2D eigenvalue weighted by Crippen LogP contribution is -2.34. The summed E-state index contributed by atoms with van der Waals surface area (Å²) in [6.45, 7) is 5.22. The first-order valence-corrected chi connectivity index (χ1v) is 11.6. The van der Waals surface area contributed by atoms with Crippen molar-refractivity contribution in [1.29, 1.82) is 0 Å². The van der Waals surface area contributed by atoms with Crippen molar-refractivity contribution in [2.45, 2.75) is 32.1 Å². The standard InChI is InChI=1S/C26H28FN3O4/c1-16-12-18-13-23(32-2)24(15-21(18)28-26(16)31)33-11-3-8-30-9-6-17(7-10-30)25-20-5-4-19(27)14-22(20)34-29-25/h4-5,12-15,17H,3,6-11H2,1-2H3,(H,28,31). The Kier molecular flexibility index (Phi) is 6.24. The fraction of sp³-hybridized carbons (Fsp3) is 0.385. The molecule has 7 nitrogen and oxygen atoms in total. The maximum Gasteiger partial charge on any atom is 0.251 e. The molecule has 1 aliphatic rings. The zero-order chi connectivity index (χ0) is 23.7. The Morgan fingerprint density at radius 3 is 2.79 bits per heavy atom. The van der Waals surface area contributed by atoms with E-state index in [-0.39, 0.29) is 11.4 Å². The van der Waals surface area contributed by atoms with Crippen molar-refractivity contribution in [2.24, 2.45) is 0 Å². The first kappa shape index (κ1) is 22.4. The van der Waals surface area contributed by atoms with Crippen molar-refractivity contribution >= 4 is 21.9 Å². The molecule has 2 aromatic heterocycles. The van der Waals surface area contributed by atoms with E-state index < -0.39 is 0 Å². The molecule has 1 fully saturated rings. The number of aromatic nitrogens is 2. The molecule has 1 aliphatic heterocycles. The van der Waals surface area contributed by atoms with Crippen LogP contribution < -0.4 is 15.0 Å². The van der Waals surface area contributed by atoms with Gasteiger partial charge in [0, 0.05) is 40.9 Å². The smallest absolute Gasteiger partial charge is 0.251 e. The van der Waals surface area contributed by atoms with Crippen LogP contribution in [0.2, 0.25) is 0 Å². The van der Waals surface area contributed by atoms with Crippen LogP contribution in [0.4, 0.5) is 4.39 Å². The molecule has 178 valence electrons. The highest BCUT2D eigenvalue weighted by molar-refractivity contribution is 5.83. The molecular weight excluding hydrogens is 437 g/mol. The third-order valence-corrected chi connectivity index (χ3v) is 6.63.